The summed E-state index contributed by atoms with van der Waals surface area (Å²) in [5.74, 6) is -0.755. The minimum absolute atomic E-state index is 0.349. The monoisotopic (exact) mass is 290 g/mol. The molecule has 1 aromatic carbocycles. The van der Waals surface area contributed by atoms with E-state index in [2.05, 4.69) is 0 Å². The number of carbonyl (C=O) groups is 2. The van der Waals surface area contributed by atoms with E-state index in [1.807, 2.05) is 51.1 Å². The second-order valence-corrected chi connectivity index (χ2v) is 6.33. The quantitative estimate of drug-likeness (QED) is 0.909. The molecule has 5 heteroatoms. The maximum atomic E-state index is 12.4. The topological polar surface area (TPSA) is 72.6 Å². The third kappa shape index (κ3) is 3.54. The van der Waals surface area contributed by atoms with Crippen LogP contribution >= 0.6 is 0 Å². The molecule has 1 fully saturated rings. The lowest BCUT2D eigenvalue weighted by Crippen LogP contribution is -2.38. The molecule has 2 amide bonds. The summed E-state index contributed by atoms with van der Waals surface area (Å²) in [6, 6.07) is 9.14. The molecule has 0 aliphatic carbocycles. The van der Waals surface area contributed by atoms with Crippen LogP contribution in [0, 0.1) is 5.92 Å². The minimum Gasteiger partial charge on any atom is -0.444 e. The first-order chi connectivity index (χ1) is 9.79. The van der Waals surface area contributed by atoms with Crippen molar-refractivity contribution in [1.82, 2.24) is 4.90 Å². The summed E-state index contributed by atoms with van der Waals surface area (Å²) in [6.45, 7) is 5.94. The van der Waals surface area contributed by atoms with Crippen molar-refractivity contribution in [2.75, 3.05) is 6.54 Å². The number of rotatable bonds is 2. The van der Waals surface area contributed by atoms with Crippen LogP contribution in [0.2, 0.25) is 0 Å². The zero-order valence-electron chi connectivity index (χ0n) is 12.7. The summed E-state index contributed by atoms with van der Waals surface area (Å²) in [5.41, 5.74) is 5.84. The first-order valence-corrected chi connectivity index (χ1v) is 7.13. The van der Waals surface area contributed by atoms with Crippen molar-refractivity contribution in [1.29, 1.82) is 0 Å². The third-order valence-electron chi connectivity index (χ3n) is 3.53. The molecular formula is C16H22N2O3. The van der Waals surface area contributed by atoms with Crippen molar-refractivity contribution in [2.45, 2.75) is 38.8 Å². The van der Waals surface area contributed by atoms with E-state index < -0.39 is 11.7 Å². The molecule has 2 N–H and O–H groups in total. The number of benzene rings is 1. The van der Waals surface area contributed by atoms with Gasteiger partial charge in [-0.3, -0.25) is 4.79 Å². The zero-order valence-corrected chi connectivity index (χ0v) is 12.7. The lowest BCUT2D eigenvalue weighted by Gasteiger charge is -2.30. The molecule has 0 spiro atoms. The summed E-state index contributed by atoms with van der Waals surface area (Å²) >= 11 is 0. The summed E-state index contributed by atoms with van der Waals surface area (Å²) in [4.78, 5) is 25.7. The van der Waals surface area contributed by atoms with E-state index in [4.69, 9.17) is 10.5 Å². The van der Waals surface area contributed by atoms with Crippen LogP contribution < -0.4 is 5.73 Å². The average Bonchev–Trinajstić information content (AvgIpc) is 2.82. The Morgan fingerprint density at radius 3 is 2.38 bits per heavy atom. The van der Waals surface area contributed by atoms with E-state index in [1.54, 1.807) is 4.90 Å². The Labute approximate surface area is 125 Å². The van der Waals surface area contributed by atoms with Gasteiger partial charge in [0.25, 0.3) is 0 Å². The summed E-state index contributed by atoms with van der Waals surface area (Å²) < 4.78 is 5.44. The fraction of sp³-hybridized carbons (Fsp3) is 0.500. The molecule has 1 aliphatic rings. The molecule has 0 aromatic heterocycles. The van der Waals surface area contributed by atoms with Crippen molar-refractivity contribution < 1.29 is 14.3 Å². The number of carbonyl (C=O) groups excluding carboxylic acids is 2. The number of nitrogens with two attached hydrogens (primary N) is 1. The van der Waals surface area contributed by atoms with Gasteiger partial charge in [-0.15, -0.1) is 0 Å². The van der Waals surface area contributed by atoms with Gasteiger partial charge in [0.05, 0.1) is 12.0 Å². The molecule has 2 unspecified atom stereocenters. The van der Waals surface area contributed by atoms with Gasteiger partial charge in [0, 0.05) is 6.54 Å². The fourth-order valence-corrected chi connectivity index (χ4v) is 2.68. The van der Waals surface area contributed by atoms with Crippen molar-refractivity contribution in [3.63, 3.8) is 0 Å². The largest absolute Gasteiger partial charge is 0.444 e. The lowest BCUT2D eigenvalue weighted by atomic mass is 9.93. The highest BCUT2D eigenvalue weighted by Crippen LogP contribution is 2.37. The van der Waals surface area contributed by atoms with E-state index in [0.29, 0.717) is 13.0 Å². The van der Waals surface area contributed by atoms with Crippen LogP contribution in [0.4, 0.5) is 4.79 Å². The molecule has 2 atom stereocenters. The Bertz CT molecular complexity index is 522. The van der Waals surface area contributed by atoms with Crippen molar-refractivity contribution in [3.05, 3.63) is 35.9 Å². The zero-order chi connectivity index (χ0) is 15.6. The number of likely N-dealkylation sites (tertiary alicyclic amines) is 1. The van der Waals surface area contributed by atoms with E-state index in [-0.39, 0.29) is 17.9 Å². The second-order valence-electron chi connectivity index (χ2n) is 6.33. The third-order valence-corrected chi connectivity index (χ3v) is 3.53. The van der Waals surface area contributed by atoms with Crippen LogP contribution in [0.3, 0.4) is 0 Å². The summed E-state index contributed by atoms with van der Waals surface area (Å²) in [5, 5.41) is 0. The van der Waals surface area contributed by atoms with Gasteiger partial charge < -0.3 is 15.4 Å². The van der Waals surface area contributed by atoms with Gasteiger partial charge >= 0.3 is 6.09 Å². The van der Waals surface area contributed by atoms with E-state index in [9.17, 15) is 9.59 Å². The first kappa shape index (κ1) is 15.4. The Balaban J connectivity index is 2.28. The smallest absolute Gasteiger partial charge is 0.410 e. The molecule has 5 nitrogen and oxygen atoms in total. The van der Waals surface area contributed by atoms with Crippen molar-refractivity contribution in [2.24, 2.45) is 11.7 Å². The Hall–Kier alpha value is -2.04. The molecule has 1 aliphatic heterocycles. The highest BCUT2D eigenvalue weighted by molar-refractivity contribution is 5.80. The van der Waals surface area contributed by atoms with Crippen molar-refractivity contribution >= 4 is 12.0 Å². The molecule has 0 radical (unpaired) electrons. The maximum Gasteiger partial charge on any atom is 0.410 e. The van der Waals surface area contributed by atoms with Gasteiger partial charge in [-0.1, -0.05) is 30.3 Å². The van der Waals surface area contributed by atoms with Crippen LogP contribution in [-0.4, -0.2) is 29.0 Å². The molecule has 1 aromatic rings. The predicted molar refractivity (Wildman–Crippen MR) is 79.4 cm³/mol. The average molecular weight is 290 g/mol. The number of amides is 2. The normalized spacial score (nSPS) is 22.1. The molecule has 0 bridgehead atoms. The summed E-state index contributed by atoms with van der Waals surface area (Å²) in [7, 11) is 0. The van der Waals surface area contributed by atoms with Gasteiger partial charge in [-0.05, 0) is 32.8 Å². The van der Waals surface area contributed by atoms with Gasteiger partial charge in [0.2, 0.25) is 5.91 Å². The molecule has 0 saturated carbocycles. The first-order valence-electron chi connectivity index (χ1n) is 7.13. The lowest BCUT2D eigenvalue weighted by molar-refractivity contribution is -0.122. The molecule has 114 valence electrons. The van der Waals surface area contributed by atoms with Gasteiger partial charge in [-0.25, -0.2) is 4.79 Å². The number of hydrogen-bond acceptors (Lipinski definition) is 3. The number of primary amides is 1. The molecular weight excluding hydrogens is 268 g/mol. The predicted octanol–water partition coefficient (Wildman–Crippen LogP) is 2.47. The standard InChI is InChI=1S/C16H22N2O3/c1-16(2,3)21-15(20)18-10-9-12(14(17)19)13(18)11-7-5-4-6-8-11/h4-8,12-13H,9-10H2,1-3H3,(H2,17,19). The number of nitrogens with zero attached hydrogens (tertiary/aromatic N) is 1. The van der Waals surface area contributed by atoms with Crippen molar-refractivity contribution in [3.8, 4) is 0 Å². The SMILES string of the molecule is CC(C)(C)OC(=O)N1CCC(C(N)=O)C1c1ccccc1. The molecule has 2 rings (SSSR count). The summed E-state index contributed by atoms with van der Waals surface area (Å²) in [6.07, 6.45) is 0.161. The van der Waals surface area contributed by atoms with Gasteiger partial charge in [0.1, 0.15) is 5.60 Å². The maximum absolute atomic E-state index is 12.4. The second kappa shape index (κ2) is 5.76. The van der Waals surface area contributed by atoms with E-state index in [0.717, 1.165) is 5.56 Å². The Kier molecular flexibility index (Phi) is 4.21. The van der Waals surface area contributed by atoms with E-state index >= 15 is 0 Å². The Morgan fingerprint density at radius 1 is 1.24 bits per heavy atom. The minimum atomic E-state index is -0.566. The number of ether oxygens (including phenoxy) is 1. The van der Waals surface area contributed by atoms with Crippen LogP contribution in [0.5, 0.6) is 0 Å². The van der Waals surface area contributed by atoms with Crippen LogP contribution in [0.1, 0.15) is 38.8 Å². The Morgan fingerprint density at radius 2 is 1.86 bits per heavy atom. The highest BCUT2D eigenvalue weighted by atomic mass is 16.6. The van der Waals surface area contributed by atoms with E-state index in [1.165, 1.54) is 0 Å². The molecule has 21 heavy (non-hydrogen) atoms. The van der Waals surface area contributed by atoms with Crippen LogP contribution in [0.25, 0.3) is 0 Å². The van der Waals surface area contributed by atoms with Crippen LogP contribution in [-0.2, 0) is 9.53 Å². The van der Waals surface area contributed by atoms with Gasteiger partial charge in [0.15, 0.2) is 0 Å². The highest BCUT2D eigenvalue weighted by Gasteiger charge is 2.42. The van der Waals surface area contributed by atoms with Gasteiger partial charge in [-0.2, -0.15) is 0 Å². The number of hydrogen-bond donors (Lipinski definition) is 1. The molecule has 1 saturated heterocycles. The van der Waals surface area contributed by atoms with Crippen LogP contribution in [0.15, 0.2) is 30.3 Å². The fourth-order valence-electron chi connectivity index (χ4n) is 2.68. The molecule has 1 heterocycles.